The zero-order valence-electron chi connectivity index (χ0n) is 12.9. The number of anilines is 1. The highest BCUT2D eigenvalue weighted by Gasteiger charge is 2.15. The number of amides is 1. The average molecular weight is 309 g/mol. The number of carbonyl (C=O) groups excluding carboxylic acids is 1. The van der Waals surface area contributed by atoms with Gasteiger partial charge in [0.15, 0.2) is 5.11 Å². The maximum atomic E-state index is 11.4. The average Bonchev–Trinajstić information content (AvgIpc) is 2.32. The van der Waals surface area contributed by atoms with Crippen LogP contribution >= 0.6 is 12.2 Å². The fourth-order valence-electron chi connectivity index (χ4n) is 1.55. The van der Waals surface area contributed by atoms with Crippen molar-refractivity contribution in [2.45, 2.75) is 33.3 Å². The van der Waals surface area contributed by atoms with E-state index in [-0.39, 0.29) is 0 Å². The summed E-state index contributed by atoms with van der Waals surface area (Å²) in [7, 11) is 0. The van der Waals surface area contributed by atoms with Crippen molar-refractivity contribution in [2.75, 3.05) is 18.4 Å². The summed E-state index contributed by atoms with van der Waals surface area (Å²) in [5.74, 6) is 0. The fraction of sp³-hybridized carbons (Fsp3) is 0.467. The molecule has 116 valence electrons. The number of hydrogen-bond acceptors (Lipinski definition) is 3. The summed E-state index contributed by atoms with van der Waals surface area (Å²) in [4.78, 5) is 11.4. The molecule has 0 bridgehead atoms. The van der Waals surface area contributed by atoms with Crippen LogP contribution in [0, 0.1) is 6.92 Å². The fourth-order valence-corrected chi connectivity index (χ4v) is 1.77. The number of hydrogen-bond donors (Lipinski definition) is 3. The van der Waals surface area contributed by atoms with Crippen molar-refractivity contribution in [1.29, 1.82) is 0 Å². The normalized spacial score (nSPS) is 10.7. The van der Waals surface area contributed by atoms with Crippen molar-refractivity contribution in [3.05, 3.63) is 29.8 Å². The molecule has 0 atom stereocenters. The van der Waals surface area contributed by atoms with E-state index in [1.807, 2.05) is 52.0 Å². The zero-order chi connectivity index (χ0) is 15.9. The van der Waals surface area contributed by atoms with Crippen molar-refractivity contribution in [3.63, 3.8) is 0 Å². The van der Waals surface area contributed by atoms with Gasteiger partial charge in [-0.15, -0.1) is 0 Å². The van der Waals surface area contributed by atoms with E-state index in [0.717, 1.165) is 11.3 Å². The van der Waals surface area contributed by atoms with Crippen LogP contribution in [0.4, 0.5) is 10.5 Å². The van der Waals surface area contributed by atoms with Crippen LogP contribution in [0.15, 0.2) is 24.3 Å². The first-order chi connectivity index (χ1) is 9.76. The summed E-state index contributed by atoms with van der Waals surface area (Å²) in [5.41, 5.74) is 1.61. The molecule has 1 rings (SSSR count). The lowest BCUT2D eigenvalue weighted by atomic mass is 10.2. The molecule has 1 amide bonds. The predicted octanol–water partition coefficient (Wildman–Crippen LogP) is 2.81. The maximum Gasteiger partial charge on any atom is 0.407 e. The number of thiocarbonyl (C=S) groups is 1. The second-order valence-corrected chi connectivity index (χ2v) is 6.09. The molecular formula is C15H23N3O2S. The molecule has 0 aliphatic heterocycles. The maximum absolute atomic E-state index is 11.4. The van der Waals surface area contributed by atoms with Crippen LogP contribution in [0.3, 0.4) is 0 Å². The lowest BCUT2D eigenvalue weighted by molar-refractivity contribution is 0.0529. The van der Waals surface area contributed by atoms with Crippen LogP contribution in [-0.2, 0) is 4.74 Å². The van der Waals surface area contributed by atoms with Gasteiger partial charge >= 0.3 is 6.09 Å². The molecule has 0 saturated carbocycles. The van der Waals surface area contributed by atoms with Crippen molar-refractivity contribution in [2.24, 2.45) is 0 Å². The Hall–Kier alpha value is -1.82. The zero-order valence-corrected chi connectivity index (χ0v) is 13.8. The second-order valence-electron chi connectivity index (χ2n) is 5.68. The van der Waals surface area contributed by atoms with Crippen LogP contribution in [0.5, 0.6) is 0 Å². The third-order valence-corrected chi connectivity index (χ3v) is 2.60. The highest BCUT2D eigenvalue weighted by molar-refractivity contribution is 7.80. The Morgan fingerprint density at radius 2 is 1.90 bits per heavy atom. The molecule has 0 aromatic heterocycles. The molecule has 0 fully saturated rings. The number of benzene rings is 1. The van der Waals surface area contributed by atoms with Crippen LogP contribution < -0.4 is 16.0 Å². The Bertz CT molecular complexity index is 498. The van der Waals surface area contributed by atoms with Gasteiger partial charge in [0.2, 0.25) is 0 Å². The van der Waals surface area contributed by atoms with E-state index in [9.17, 15) is 4.79 Å². The standard InChI is InChI=1S/C15H23N3O2S/c1-11-6-5-7-12(10-11)18-13(21)16-8-9-17-14(19)20-15(2,3)4/h5-7,10H,8-9H2,1-4H3,(H,17,19)(H2,16,18,21). The first-order valence-electron chi connectivity index (χ1n) is 6.84. The van der Waals surface area contributed by atoms with Gasteiger partial charge in [-0.2, -0.15) is 0 Å². The van der Waals surface area contributed by atoms with Crippen molar-refractivity contribution in [3.8, 4) is 0 Å². The third-order valence-electron chi connectivity index (χ3n) is 2.35. The van der Waals surface area contributed by atoms with Crippen LogP contribution in [0.1, 0.15) is 26.3 Å². The first-order valence-corrected chi connectivity index (χ1v) is 7.25. The minimum atomic E-state index is -0.487. The van der Waals surface area contributed by atoms with Crippen LogP contribution in [0.2, 0.25) is 0 Å². The largest absolute Gasteiger partial charge is 0.444 e. The summed E-state index contributed by atoms with van der Waals surface area (Å²) < 4.78 is 5.13. The van der Waals surface area contributed by atoms with Gasteiger partial charge < -0.3 is 20.7 Å². The van der Waals surface area contributed by atoms with E-state index in [1.165, 1.54) is 0 Å². The molecule has 0 radical (unpaired) electrons. The molecule has 1 aromatic carbocycles. The summed E-state index contributed by atoms with van der Waals surface area (Å²) in [6.45, 7) is 8.46. The monoisotopic (exact) mass is 309 g/mol. The molecule has 0 aliphatic rings. The van der Waals surface area contributed by atoms with Gasteiger partial charge in [-0.25, -0.2) is 4.79 Å². The Balaban J connectivity index is 2.21. The van der Waals surface area contributed by atoms with Gasteiger partial charge in [0.05, 0.1) is 0 Å². The second kappa shape index (κ2) is 7.83. The SMILES string of the molecule is Cc1cccc(NC(=S)NCCNC(=O)OC(C)(C)C)c1. The van der Waals surface area contributed by atoms with Gasteiger partial charge in [0.25, 0.3) is 0 Å². The van der Waals surface area contributed by atoms with Gasteiger partial charge in [-0.1, -0.05) is 12.1 Å². The van der Waals surface area contributed by atoms with E-state index in [1.54, 1.807) is 0 Å². The lowest BCUT2D eigenvalue weighted by Crippen LogP contribution is -2.39. The molecule has 3 N–H and O–H groups in total. The highest BCUT2D eigenvalue weighted by Crippen LogP contribution is 2.09. The number of ether oxygens (including phenoxy) is 1. The number of alkyl carbamates (subject to hydrolysis) is 1. The molecule has 0 heterocycles. The molecule has 0 spiro atoms. The van der Waals surface area contributed by atoms with Crippen LogP contribution in [-0.4, -0.2) is 29.9 Å². The minimum absolute atomic E-state index is 0.429. The topological polar surface area (TPSA) is 62.4 Å². The van der Waals surface area contributed by atoms with Crippen molar-refractivity contribution >= 4 is 29.1 Å². The Morgan fingerprint density at radius 3 is 2.52 bits per heavy atom. The number of carbonyl (C=O) groups is 1. The molecular weight excluding hydrogens is 286 g/mol. The molecule has 1 aromatic rings. The first kappa shape index (κ1) is 17.2. The molecule has 21 heavy (non-hydrogen) atoms. The van der Waals surface area contributed by atoms with Crippen molar-refractivity contribution < 1.29 is 9.53 Å². The van der Waals surface area contributed by atoms with Crippen LogP contribution in [0.25, 0.3) is 0 Å². The smallest absolute Gasteiger partial charge is 0.407 e. The van der Waals surface area contributed by atoms with Gasteiger partial charge in [-0.3, -0.25) is 0 Å². The van der Waals surface area contributed by atoms with E-state index in [2.05, 4.69) is 16.0 Å². The lowest BCUT2D eigenvalue weighted by Gasteiger charge is -2.19. The predicted molar refractivity (Wildman–Crippen MR) is 89.6 cm³/mol. The van der Waals surface area contributed by atoms with E-state index >= 15 is 0 Å². The van der Waals surface area contributed by atoms with Crippen molar-refractivity contribution in [1.82, 2.24) is 10.6 Å². The highest BCUT2D eigenvalue weighted by atomic mass is 32.1. The Morgan fingerprint density at radius 1 is 1.24 bits per heavy atom. The number of aryl methyl sites for hydroxylation is 1. The molecule has 5 nitrogen and oxygen atoms in total. The quantitative estimate of drug-likeness (QED) is 0.590. The van der Waals surface area contributed by atoms with E-state index < -0.39 is 11.7 Å². The van der Waals surface area contributed by atoms with Gasteiger partial charge in [0.1, 0.15) is 5.60 Å². The Labute approximate surface area is 131 Å². The molecule has 0 aliphatic carbocycles. The summed E-state index contributed by atoms with van der Waals surface area (Å²) in [6, 6.07) is 7.93. The number of nitrogens with one attached hydrogen (secondary N) is 3. The summed E-state index contributed by atoms with van der Waals surface area (Å²) >= 11 is 5.18. The number of rotatable bonds is 4. The minimum Gasteiger partial charge on any atom is -0.444 e. The van der Waals surface area contributed by atoms with Gasteiger partial charge in [-0.05, 0) is 57.6 Å². The summed E-state index contributed by atoms with van der Waals surface area (Å²) in [5, 5.41) is 9.28. The third kappa shape index (κ3) is 8.14. The molecule has 6 heteroatoms. The van der Waals surface area contributed by atoms with E-state index in [4.69, 9.17) is 17.0 Å². The van der Waals surface area contributed by atoms with Gasteiger partial charge in [0, 0.05) is 18.8 Å². The summed E-state index contributed by atoms with van der Waals surface area (Å²) in [6.07, 6.45) is -0.429. The van der Waals surface area contributed by atoms with E-state index in [0.29, 0.717) is 18.2 Å². The molecule has 0 saturated heterocycles. The Kier molecular flexibility index (Phi) is 6.42. The molecule has 0 unspecified atom stereocenters.